The third kappa shape index (κ3) is 5.16. The van der Waals surface area contributed by atoms with Crippen molar-refractivity contribution < 1.29 is 19.1 Å². The summed E-state index contributed by atoms with van der Waals surface area (Å²) in [6, 6.07) is 12.7. The van der Waals surface area contributed by atoms with E-state index in [0.717, 1.165) is 22.5 Å². The number of benzene rings is 2. The fraction of sp³-hybridized carbons (Fsp3) is 0.231. The Kier molecular flexibility index (Phi) is 7.78. The van der Waals surface area contributed by atoms with Crippen LogP contribution in [0.1, 0.15) is 25.3 Å². The Morgan fingerprint density at radius 3 is 2.53 bits per heavy atom. The first-order valence-electron chi connectivity index (χ1n) is 10.9. The van der Waals surface area contributed by atoms with Gasteiger partial charge in [-0.15, -0.1) is 11.3 Å². The van der Waals surface area contributed by atoms with Gasteiger partial charge in [-0.2, -0.15) is 0 Å². The third-order valence-electron chi connectivity index (χ3n) is 5.90. The molecule has 1 aromatic heterocycles. The maximum atomic E-state index is 12.8. The van der Waals surface area contributed by atoms with Gasteiger partial charge in [0.15, 0.2) is 5.13 Å². The van der Waals surface area contributed by atoms with Crippen molar-refractivity contribution in [3.8, 4) is 11.3 Å². The second-order valence-electron chi connectivity index (χ2n) is 8.13. The molecule has 0 spiro atoms. The Balaban J connectivity index is 1.69. The van der Waals surface area contributed by atoms with Gasteiger partial charge in [-0.25, -0.2) is 9.78 Å². The maximum Gasteiger partial charge on any atom is 0.336 e. The zero-order valence-electron chi connectivity index (χ0n) is 20.0. The predicted octanol–water partition coefficient (Wildman–Crippen LogP) is 6.65. The molecular formula is C26H23Cl2N3O4S. The molecule has 1 aliphatic heterocycles. The lowest BCUT2D eigenvalue weighted by atomic mass is 9.75. The number of esters is 2. The summed E-state index contributed by atoms with van der Waals surface area (Å²) in [4.78, 5) is 34.6. The van der Waals surface area contributed by atoms with E-state index in [-0.39, 0.29) is 0 Å². The highest BCUT2D eigenvalue weighted by molar-refractivity contribution is 7.14. The number of nitrogens with zero attached hydrogens (tertiary/aromatic N) is 2. The largest absolute Gasteiger partial charge is 0.468 e. The lowest BCUT2D eigenvalue weighted by molar-refractivity contribution is -0.143. The van der Waals surface area contributed by atoms with Crippen molar-refractivity contribution in [2.45, 2.75) is 19.8 Å². The Hall–Kier alpha value is -3.20. The van der Waals surface area contributed by atoms with Gasteiger partial charge in [-0.05, 0) is 49.7 Å². The van der Waals surface area contributed by atoms with E-state index in [1.807, 2.05) is 35.7 Å². The van der Waals surface area contributed by atoms with Crippen LogP contribution in [0.4, 0.5) is 10.8 Å². The number of carbonyl (C=O) groups excluding carboxylic acids is 2. The first kappa shape index (κ1) is 25.9. The molecule has 10 heteroatoms. The molecular weight excluding hydrogens is 521 g/mol. The fourth-order valence-electron chi connectivity index (χ4n) is 4.29. The van der Waals surface area contributed by atoms with E-state index >= 15 is 0 Å². The van der Waals surface area contributed by atoms with E-state index in [4.69, 9.17) is 32.7 Å². The van der Waals surface area contributed by atoms with Gasteiger partial charge in [0.1, 0.15) is 5.92 Å². The number of ether oxygens (including phenoxy) is 2. The summed E-state index contributed by atoms with van der Waals surface area (Å²) in [7, 11) is 2.63. The number of carbonyl (C=O) groups is 2. The van der Waals surface area contributed by atoms with Crippen LogP contribution in [0.2, 0.25) is 10.0 Å². The molecule has 0 fully saturated rings. The average Bonchev–Trinajstić information content (AvgIpc) is 3.30. The Bertz CT molecular complexity index is 1400. The van der Waals surface area contributed by atoms with Crippen LogP contribution in [0.15, 0.2) is 64.1 Å². The lowest BCUT2D eigenvalue weighted by Crippen LogP contribution is -2.36. The number of methoxy groups -OCH3 is 2. The minimum Gasteiger partial charge on any atom is -0.468 e. The SMILES string of the molecule is COC(=O)C1=C(C)N=C(C)C(C(=O)OC)C1c1cccc(Nc2nc(-c3ccc(Cl)cc3Cl)cs2)c1. The summed E-state index contributed by atoms with van der Waals surface area (Å²) >= 11 is 13.8. The first-order valence-corrected chi connectivity index (χ1v) is 12.6. The molecule has 36 heavy (non-hydrogen) atoms. The molecule has 2 atom stereocenters. The molecule has 0 aliphatic carbocycles. The molecule has 4 rings (SSSR count). The summed E-state index contributed by atoms with van der Waals surface area (Å²) in [6.45, 7) is 3.49. The van der Waals surface area contributed by atoms with Crippen molar-refractivity contribution in [3.63, 3.8) is 0 Å². The number of halogens is 2. The summed E-state index contributed by atoms with van der Waals surface area (Å²) in [5, 5.41) is 6.92. The smallest absolute Gasteiger partial charge is 0.336 e. The summed E-state index contributed by atoms with van der Waals surface area (Å²) in [6.07, 6.45) is 0. The topological polar surface area (TPSA) is 89.9 Å². The Morgan fingerprint density at radius 1 is 1.06 bits per heavy atom. The zero-order chi connectivity index (χ0) is 26.0. The minimum atomic E-state index is -0.762. The fourth-order valence-corrected chi connectivity index (χ4v) is 5.53. The van der Waals surface area contributed by atoms with Crippen molar-refractivity contribution in [1.82, 2.24) is 4.98 Å². The van der Waals surface area contributed by atoms with Crippen molar-refractivity contribution in [2.75, 3.05) is 19.5 Å². The van der Waals surface area contributed by atoms with Crippen molar-refractivity contribution in [1.29, 1.82) is 0 Å². The highest BCUT2D eigenvalue weighted by atomic mass is 35.5. The number of hydrogen-bond donors (Lipinski definition) is 1. The van der Waals surface area contributed by atoms with Crippen LogP contribution in [0, 0.1) is 5.92 Å². The summed E-state index contributed by atoms with van der Waals surface area (Å²) in [5.74, 6) is -2.39. The molecule has 0 radical (unpaired) electrons. The van der Waals surface area contributed by atoms with Gasteiger partial charge in [-0.1, -0.05) is 35.3 Å². The van der Waals surface area contributed by atoms with Crippen LogP contribution in [-0.4, -0.2) is 36.9 Å². The molecule has 0 amide bonds. The number of allylic oxidation sites excluding steroid dienone is 1. The van der Waals surface area contributed by atoms with Crippen LogP contribution in [0.3, 0.4) is 0 Å². The van der Waals surface area contributed by atoms with Crippen LogP contribution in [0.5, 0.6) is 0 Å². The summed E-state index contributed by atoms with van der Waals surface area (Å²) in [5.41, 5.74) is 4.37. The van der Waals surface area contributed by atoms with Gasteiger partial charge in [0.2, 0.25) is 0 Å². The van der Waals surface area contributed by atoms with Crippen LogP contribution in [0.25, 0.3) is 11.3 Å². The zero-order valence-corrected chi connectivity index (χ0v) is 22.3. The quantitative estimate of drug-likeness (QED) is 0.350. The molecule has 2 aromatic carbocycles. The molecule has 3 aromatic rings. The monoisotopic (exact) mass is 543 g/mol. The van der Waals surface area contributed by atoms with E-state index in [1.165, 1.54) is 25.6 Å². The second kappa shape index (κ2) is 10.8. The molecule has 1 N–H and O–H groups in total. The molecule has 2 heterocycles. The molecule has 0 saturated heterocycles. The molecule has 186 valence electrons. The number of hydrogen-bond acceptors (Lipinski definition) is 8. The summed E-state index contributed by atoms with van der Waals surface area (Å²) < 4.78 is 10.1. The second-order valence-corrected chi connectivity index (χ2v) is 9.84. The van der Waals surface area contributed by atoms with Gasteiger partial charge < -0.3 is 14.8 Å². The van der Waals surface area contributed by atoms with Crippen molar-refractivity contribution >= 4 is 63.0 Å². The number of anilines is 2. The van der Waals surface area contributed by atoms with E-state index in [9.17, 15) is 9.59 Å². The van der Waals surface area contributed by atoms with Gasteiger partial charge in [0, 0.05) is 39.0 Å². The van der Waals surface area contributed by atoms with E-state index < -0.39 is 23.8 Å². The van der Waals surface area contributed by atoms with Crippen LogP contribution >= 0.6 is 34.5 Å². The van der Waals surface area contributed by atoms with Crippen molar-refractivity contribution in [3.05, 3.63) is 74.7 Å². The van der Waals surface area contributed by atoms with E-state index in [1.54, 1.807) is 26.0 Å². The normalized spacial score (nSPS) is 17.4. The average molecular weight is 544 g/mol. The predicted molar refractivity (Wildman–Crippen MR) is 143 cm³/mol. The standard InChI is InChI=1S/C26H23Cl2N3O4S/c1-13-21(24(32)34-3)23(22(14(2)29-13)25(33)35-4)15-6-5-7-17(10-15)30-26-31-20(12-36-26)18-9-8-16(27)11-19(18)28/h5-12,21,23H,1-4H3,(H,30,31). The maximum absolute atomic E-state index is 12.8. The number of thiazole rings is 1. The molecule has 0 saturated carbocycles. The van der Waals surface area contributed by atoms with Crippen LogP contribution < -0.4 is 5.32 Å². The molecule has 7 nitrogen and oxygen atoms in total. The minimum absolute atomic E-state index is 0.324. The molecule has 2 unspecified atom stereocenters. The highest BCUT2D eigenvalue weighted by Crippen LogP contribution is 2.41. The van der Waals surface area contributed by atoms with Crippen LogP contribution in [-0.2, 0) is 19.1 Å². The molecule has 0 bridgehead atoms. The third-order valence-corrected chi connectivity index (χ3v) is 7.20. The Morgan fingerprint density at radius 2 is 1.83 bits per heavy atom. The highest BCUT2D eigenvalue weighted by Gasteiger charge is 2.42. The number of aromatic nitrogens is 1. The van der Waals surface area contributed by atoms with Gasteiger partial charge in [-0.3, -0.25) is 9.79 Å². The van der Waals surface area contributed by atoms with Gasteiger partial charge in [0.25, 0.3) is 0 Å². The Labute approximate surface area is 222 Å². The molecule has 1 aliphatic rings. The van der Waals surface area contributed by atoms with E-state index in [2.05, 4.69) is 15.3 Å². The number of rotatable bonds is 6. The van der Waals surface area contributed by atoms with E-state index in [0.29, 0.717) is 32.2 Å². The lowest BCUT2D eigenvalue weighted by Gasteiger charge is -2.31. The van der Waals surface area contributed by atoms with Gasteiger partial charge >= 0.3 is 11.9 Å². The first-order chi connectivity index (χ1) is 17.2. The van der Waals surface area contributed by atoms with Crippen molar-refractivity contribution in [2.24, 2.45) is 10.9 Å². The number of aliphatic imine (C=N–C) groups is 1. The van der Waals surface area contributed by atoms with Gasteiger partial charge in [0.05, 0.1) is 30.5 Å². The number of nitrogens with one attached hydrogen (secondary N) is 1.